The van der Waals surface area contributed by atoms with Crippen molar-refractivity contribution >= 4 is 10.9 Å². The maximum absolute atomic E-state index is 4.78. The molecule has 1 N–H and O–H groups in total. The zero-order chi connectivity index (χ0) is 14.7. The van der Waals surface area contributed by atoms with Gasteiger partial charge in [-0.15, -0.1) is 0 Å². The molecule has 0 spiro atoms. The number of benzene rings is 1. The molecule has 4 nitrogen and oxygen atoms in total. The summed E-state index contributed by atoms with van der Waals surface area (Å²) in [6.07, 6.45) is 2.13. The molecule has 0 fully saturated rings. The van der Waals surface area contributed by atoms with Crippen LogP contribution in [0.25, 0.3) is 10.9 Å². The minimum absolute atomic E-state index is 0.821. The van der Waals surface area contributed by atoms with Crippen molar-refractivity contribution in [3.05, 3.63) is 54.0 Å². The summed E-state index contributed by atoms with van der Waals surface area (Å²) < 4.78 is 4.36. The Morgan fingerprint density at radius 1 is 1.10 bits per heavy atom. The second kappa shape index (κ2) is 6.14. The molecule has 4 heteroatoms. The highest BCUT2D eigenvalue weighted by Crippen LogP contribution is 2.20. The van der Waals surface area contributed by atoms with Crippen molar-refractivity contribution in [2.45, 2.75) is 33.5 Å². The molecule has 1 aromatic carbocycles. The second-order valence-electron chi connectivity index (χ2n) is 5.19. The van der Waals surface area contributed by atoms with Crippen molar-refractivity contribution < 1.29 is 0 Å². The van der Waals surface area contributed by atoms with Crippen LogP contribution in [0.1, 0.15) is 25.2 Å². The van der Waals surface area contributed by atoms with Gasteiger partial charge >= 0.3 is 0 Å². The summed E-state index contributed by atoms with van der Waals surface area (Å²) in [5, 5.41) is 9.42. The molecular formula is C17H22N4. The molecule has 0 unspecified atom stereocenters. The molecular weight excluding hydrogens is 260 g/mol. The van der Waals surface area contributed by atoms with Crippen molar-refractivity contribution in [2.24, 2.45) is 0 Å². The summed E-state index contributed by atoms with van der Waals surface area (Å²) in [6.45, 7) is 7.87. The number of aryl methyl sites for hydroxylation is 1. The molecule has 0 aliphatic heterocycles. The third kappa shape index (κ3) is 2.72. The van der Waals surface area contributed by atoms with Gasteiger partial charge < -0.3 is 9.88 Å². The SMILES string of the molecule is CCNCc1cccn1Cc1nn(CC)c2ccccc12. The van der Waals surface area contributed by atoms with Crippen molar-refractivity contribution in [3.63, 3.8) is 0 Å². The molecule has 0 atom stereocenters. The average Bonchev–Trinajstić information content (AvgIpc) is 3.10. The van der Waals surface area contributed by atoms with E-state index in [1.54, 1.807) is 0 Å². The Kier molecular flexibility index (Phi) is 4.06. The van der Waals surface area contributed by atoms with Gasteiger partial charge in [0.25, 0.3) is 0 Å². The van der Waals surface area contributed by atoms with E-state index in [2.05, 4.69) is 71.0 Å². The fourth-order valence-corrected chi connectivity index (χ4v) is 2.73. The molecule has 0 radical (unpaired) electrons. The fourth-order valence-electron chi connectivity index (χ4n) is 2.73. The molecule has 0 aliphatic rings. The van der Waals surface area contributed by atoms with E-state index in [9.17, 15) is 0 Å². The Labute approximate surface area is 125 Å². The lowest BCUT2D eigenvalue weighted by Crippen LogP contribution is -2.15. The van der Waals surface area contributed by atoms with Gasteiger partial charge in [-0.05, 0) is 31.7 Å². The van der Waals surface area contributed by atoms with Gasteiger partial charge in [0.15, 0.2) is 0 Å². The van der Waals surface area contributed by atoms with E-state index >= 15 is 0 Å². The molecule has 0 aliphatic carbocycles. The van der Waals surface area contributed by atoms with Crippen LogP contribution in [0.15, 0.2) is 42.6 Å². The van der Waals surface area contributed by atoms with Crippen LogP contribution in [0.2, 0.25) is 0 Å². The summed E-state index contributed by atoms with van der Waals surface area (Å²) >= 11 is 0. The van der Waals surface area contributed by atoms with Gasteiger partial charge in [-0.2, -0.15) is 5.10 Å². The first-order chi connectivity index (χ1) is 10.3. The van der Waals surface area contributed by atoms with Crippen LogP contribution in [0.5, 0.6) is 0 Å². The number of para-hydroxylation sites is 1. The Morgan fingerprint density at radius 2 is 1.95 bits per heavy atom. The molecule has 0 bridgehead atoms. The van der Waals surface area contributed by atoms with Gasteiger partial charge in [-0.25, -0.2) is 0 Å². The Morgan fingerprint density at radius 3 is 2.76 bits per heavy atom. The van der Waals surface area contributed by atoms with Gasteiger partial charge in [0.05, 0.1) is 17.8 Å². The van der Waals surface area contributed by atoms with Gasteiger partial charge in [0.2, 0.25) is 0 Å². The first-order valence-electron chi connectivity index (χ1n) is 7.62. The van der Waals surface area contributed by atoms with E-state index in [0.29, 0.717) is 0 Å². The Balaban J connectivity index is 1.93. The number of hydrogen-bond donors (Lipinski definition) is 1. The van der Waals surface area contributed by atoms with E-state index in [4.69, 9.17) is 5.10 Å². The number of hydrogen-bond acceptors (Lipinski definition) is 2. The van der Waals surface area contributed by atoms with Crippen molar-refractivity contribution in [3.8, 4) is 0 Å². The summed E-state index contributed by atoms with van der Waals surface area (Å²) in [7, 11) is 0. The third-order valence-corrected chi connectivity index (χ3v) is 3.83. The van der Waals surface area contributed by atoms with E-state index in [0.717, 1.165) is 31.9 Å². The van der Waals surface area contributed by atoms with Gasteiger partial charge in [-0.1, -0.05) is 25.1 Å². The molecule has 110 valence electrons. The molecule has 2 heterocycles. The van der Waals surface area contributed by atoms with Crippen LogP contribution >= 0.6 is 0 Å². The van der Waals surface area contributed by atoms with Crippen LogP contribution in [0.4, 0.5) is 0 Å². The van der Waals surface area contributed by atoms with Crippen LogP contribution in [0.3, 0.4) is 0 Å². The summed E-state index contributed by atoms with van der Waals surface area (Å²) in [4.78, 5) is 0. The zero-order valence-corrected chi connectivity index (χ0v) is 12.7. The van der Waals surface area contributed by atoms with Crippen molar-refractivity contribution in [1.29, 1.82) is 0 Å². The summed E-state index contributed by atoms with van der Waals surface area (Å²) in [5.41, 5.74) is 3.66. The van der Waals surface area contributed by atoms with Crippen molar-refractivity contribution in [2.75, 3.05) is 6.54 Å². The van der Waals surface area contributed by atoms with Gasteiger partial charge in [0, 0.05) is 30.4 Å². The predicted octanol–water partition coefficient (Wildman–Crippen LogP) is 3.02. The quantitative estimate of drug-likeness (QED) is 0.754. The lowest BCUT2D eigenvalue weighted by Gasteiger charge is -2.08. The largest absolute Gasteiger partial charge is 0.344 e. The van der Waals surface area contributed by atoms with Crippen LogP contribution in [-0.4, -0.2) is 20.9 Å². The predicted molar refractivity (Wildman–Crippen MR) is 86.3 cm³/mol. The molecule has 0 saturated heterocycles. The minimum atomic E-state index is 0.821. The highest BCUT2D eigenvalue weighted by molar-refractivity contribution is 5.81. The van der Waals surface area contributed by atoms with E-state index in [1.807, 2.05) is 0 Å². The summed E-state index contributed by atoms with van der Waals surface area (Å²) in [6, 6.07) is 12.7. The van der Waals surface area contributed by atoms with Gasteiger partial charge in [-0.3, -0.25) is 4.68 Å². The standard InChI is InChI=1S/C17H22N4/c1-3-18-12-14-8-7-11-20(14)13-16-15-9-5-6-10-17(15)21(4-2)19-16/h5-11,18H,3-4,12-13H2,1-2H3. The topological polar surface area (TPSA) is 34.8 Å². The minimum Gasteiger partial charge on any atom is -0.344 e. The van der Waals surface area contributed by atoms with Crippen LogP contribution in [0, 0.1) is 0 Å². The fraction of sp³-hybridized carbons (Fsp3) is 0.353. The maximum Gasteiger partial charge on any atom is 0.0900 e. The number of nitrogens with one attached hydrogen (secondary N) is 1. The third-order valence-electron chi connectivity index (χ3n) is 3.83. The monoisotopic (exact) mass is 282 g/mol. The molecule has 21 heavy (non-hydrogen) atoms. The van der Waals surface area contributed by atoms with Crippen LogP contribution < -0.4 is 5.32 Å². The highest BCUT2D eigenvalue weighted by atomic mass is 15.3. The van der Waals surface area contributed by atoms with E-state index in [1.165, 1.54) is 16.6 Å². The Hall–Kier alpha value is -2.07. The molecule has 3 aromatic rings. The second-order valence-corrected chi connectivity index (χ2v) is 5.19. The number of nitrogens with zero attached hydrogens (tertiary/aromatic N) is 3. The molecule has 3 rings (SSSR count). The van der Waals surface area contributed by atoms with E-state index < -0.39 is 0 Å². The number of rotatable bonds is 6. The molecule has 2 aromatic heterocycles. The smallest absolute Gasteiger partial charge is 0.0900 e. The first-order valence-corrected chi connectivity index (χ1v) is 7.62. The normalized spacial score (nSPS) is 11.3. The zero-order valence-electron chi connectivity index (χ0n) is 12.7. The number of fused-ring (bicyclic) bond motifs is 1. The van der Waals surface area contributed by atoms with Gasteiger partial charge in [0.1, 0.15) is 0 Å². The lowest BCUT2D eigenvalue weighted by molar-refractivity contribution is 0.628. The molecule has 0 saturated carbocycles. The lowest BCUT2D eigenvalue weighted by atomic mass is 10.2. The molecule has 0 amide bonds. The number of aromatic nitrogens is 3. The Bertz CT molecular complexity index is 723. The van der Waals surface area contributed by atoms with Crippen molar-refractivity contribution in [1.82, 2.24) is 19.7 Å². The van der Waals surface area contributed by atoms with Crippen LogP contribution in [-0.2, 0) is 19.6 Å². The highest BCUT2D eigenvalue weighted by Gasteiger charge is 2.10. The summed E-state index contributed by atoms with van der Waals surface area (Å²) in [5.74, 6) is 0. The first kappa shape index (κ1) is 13.9. The maximum atomic E-state index is 4.78. The van der Waals surface area contributed by atoms with E-state index in [-0.39, 0.29) is 0 Å². The average molecular weight is 282 g/mol.